The molecule has 0 aromatic heterocycles. The van der Waals surface area contributed by atoms with Gasteiger partial charge in [-0.15, -0.1) is 0 Å². The van der Waals surface area contributed by atoms with Crippen LogP contribution in [0.4, 0.5) is 5.69 Å². The molecule has 3 aromatic carbocycles. The number of sulfonamides is 1. The Kier molecular flexibility index (Phi) is 6.50. The van der Waals surface area contributed by atoms with Gasteiger partial charge >= 0.3 is 0 Å². The van der Waals surface area contributed by atoms with Gasteiger partial charge in [-0.25, -0.2) is 12.7 Å². The lowest BCUT2D eigenvalue weighted by Gasteiger charge is -2.18. The predicted molar refractivity (Wildman–Crippen MR) is 122 cm³/mol. The Morgan fingerprint density at radius 1 is 1.10 bits per heavy atom. The van der Waals surface area contributed by atoms with Crippen LogP contribution in [0.5, 0.6) is 5.75 Å². The van der Waals surface area contributed by atoms with E-state index in [9.17, 15) is 13.2 Å². The van der Waals surface area contributed by atoms with Gasteiger partial charge in [-0.05, 0) is 64.3 Å². The van der Waals surface area contributed by atoms with Gasteiger partial charge in [0.2, 0.25) is 10.0 Å². The van der Waals surface area contributed by atoms with E-state index in [1.165, 1.54) is 26.2 Å². The number of fused-ring (bicyclic) bond motifs is 1. The van der Waals surface area contributed by atoms with Crippen molar-refractivity contribution < 1.29 is 17.9 Å². The Morgan fingerprint density at radius 2 is 1.80 bits per heavy atom. The second-order valence-corrected chi connectivity index (χ2v) is 10.1. The molecule has 1 amide bonds. The number of carbonyl (C=O) groups is 1. The zero-order valence-corrected chi connectivity index (χ0v) is 19.5. The summed E-state index contributed by atoms with van der Waals surface area (Å²) >= 11 is 3.55. The minimum Gasteiger partial charge on any atom is -0.480 e. The number of aryl methyl sites for hydroxylation is 1. The number of hydrogen-bond acceptors (Lipinski definition) is 4. The molecule has 3 rings (SSSR count). The van der Waals surface area contributed by atoms with Crippen molar-refractivity contribution >= 4 is 48.3 Å². The molecule has 8 heteroatoms. The van der Waals surface area contributed by atoms with Crippen LogP contribution in [-0.2, 0) is 14.8 Å². The van der Waals surface area contributed by atoms with Crippen LogP contribution in [0.1, 0.15) is 12.5 Å². The third kappa shape index (κ3) is 4.50. The number of benzene rings is 3. The van der Waals surface area contributed by atoms with Crippen molar-refractivity contribution in [1.82, 2.24) is 4.31 Å². The summed E-state index contributed by atoms with van der Waals surface area (Å²) in [7, 11) is -0.676. The fourth-order valence-electron chi connectivity index (χ4n) is 2.89. The highest BCUT2D eigenvalue weighted by Crippen LogP contribution is 2.33. The minimum absolute atomic E-state index is 0.110. The number of rotatable bonds is 6. The molecule has 0 saturated heterocycles. The first-order valence-electron chi connectivity index (χ1n) is 9.29. The van der Waals surface area contributed by atoms with Gasteiger partial charge in [0, 0.05) is 19.8 Å². The Labute approximate surface area is 185 Å². The van der Waals surface area contributed by atoms with Gasteiger partial charge in [-0.1, -0.05) is 36.4 Å². The summed E-state index contributed by atoms with van der Waals surface area (Å²) < 4.78 is 32.6. The maximum absolute atomic E-state index is 12.7. The van der Waals surface area contributed by atoms with E-state index in [0.717, 1.165) is 25.1 Å². The quantitative estimate of drug-likeness (QED) is 0.549. The van der Waals surface area contributed by atoms with E-state index >= 15 is 0 Å². The van der Waals surface area contributed by atoms with Gasteiger partial charge in [-0.3, -0.25) is 4.79 Å². The zero-order valence-electron chi connectivity index (χ0n) is 17.1. The standard InChI is InChI=1S/C22H23BrN2O4S/c1-14-9-11-17(30(27,28)25(3)4)13-19(14)24-22(26)15(2)29-20-12-10-16-7-5-6-8-18(16)21(20)23/h5-13,15H,1-4H3,(H,24,26). The van der Waals surface area contributed by atoms with Gasteiger partial charge in [0.25, 0.3) is 5.91 Å². The van der Waals surface area contributed by atoms with Crippen LogP contribution < -0.4 is 10.1 Å². The molecule has 1 unspecified atom stereocenters. The number of carbonyl (C=O) groups excluding carboxylic acids is 1. The highest BCUT2D eigenvalue weighted by molar-refractivity contribution is 9.10. The molecule has 0 heterocycles. The summed E-state index contributed by atoms with van der Waals surface area (Å²) in [6, 6.07) is 16.2. The van der Waals surface area contributed by atoms with Gasteiger partial charge in [0.15, 0.2) is 6.10 Å². The molecular weight excluding hydrogens is 468 g/mol. The molecule has 1 N–H and O–H groups in total. The highest BCUT2D eigenvalue weighted by Gasteiger charge is 2.21. The molecule has 0 radical (unpaired) electrons. The van der Waals surface area contributed by atoms with E-state index in [-0.39, 0.29) is 10.8 Å². The van der Waals surface area contributed by atoms with Crippen LogP contribution in [0.25, 0.3) is 10.8 Å². The molecule has 1 atom stereocenters. The molecule has 0 aliphatic heterocycles. The van der Waals surface area contributed by atoms with Gasteiger partial charge in [0.05, 0.1) is 9.37 Å². The molecule has 0 bridgehead atoms. The Bertz CT molecular complexity index is 1210. The van der Waals surface area contributed by atoms with Gasteiger partial charge < -0.3 is 10.1 Å². The number of anilines is 1. The minimum atomic E-state index is -3.60. The number of ether oxygens (including phenoxy) is 1. The normalized spacial score (nSPS) is 12.7. The monoisotopic (exact) mass is 490 g/mol. The number of hydrogen-bond donors (Lipinski definition) is 1. The average Bonchev–Trinajstić information content (AvgIpc) is 2.71. The summed E-state index contributed by atoms with van der Waals surface area (Å²) in [6.07, 6.45) is -0.795. The lowest BCUT2D eigenvalue weighted by atomic mass is 10.1. The molecular formula is C22H23BrN2O4S. The SMILES string of the molecule is Cc1ccc(S(=O)(=O)N(C)C)cc1NC(=O)C(C)Oc1ccc2ccccc2c1Br. The van der Waals surface area contributed by atoms with E-state index < -0.39 is 16.1 Å². The molecule has 3 aromatic rings. The lowest BCUT2D eigenvalue weighted by Crippen LogP contribution is -2.30. The van der Waals surface area contributed by atoms with Crippen molar-refractivity contribution in [2.75, 3.05) is 19.4 Å². The van der Waals surface area contributed by atoms with Gasteiger partial charge in [-0.2, -0.15) is 0 Å². The maximum Gasteiger partial charge on any atom is 0.265 e. The predicted octanol–water partition coefficient (Wildman–Crippen LogP) is 4.57. The largest absolute Gasteiger partial charge is 0.480 e. The van der Waals surface area contributed by atoms with Crippen LogP contribution in [0.15, 0.2) is 64.0 Å². The zero-order chi connectivity index (χ0) is 22.1. The Balaban J connectivity index is 1.80. The molecule has 0 aliphatic rings. The first kappa shape index (κ1) is 22.3. The number of halogens is 1. The fourth-order valence-corrected chi connectivity index (χ4v) is 4.41. The summed E-state index contributed by atoms with van der Waals surface area (Å²) in [5.41, 5.74) is 1.18. The topological polar surface area (TPSA) is 75.7 Å². The van der Waals surface area contributed by atoms with Crippen molar-refractivity contribution in [3.63, 3.8) is 0 Å². The van der Waals surface area contributed by atoms with Crippen LogP contribution in [0.2, 0.25) is 0 Å². The van der Waals surface area contributed by atoms with E-state index in [4.69, 9.17) is 4.74 Å². The second-order valence-electron chi connectivity index (χ2n) is 7.11. The fraction of sp³-hybridized carbons (Fsp3) is 0.227. The molecule has 30 heavy (non-hydrogen) atoms. The first-order chi connectivity index (χ1) is 14.1. The van der Waals surface area contributed by atoms with Crippen molar-refractivity contribution in [2.24, 2.45) is 0 Å². The average molecular weight is 491 g/mol. The van der Waals surface area contributed by atoms with Crippen molar-refractivity contribution in [2.45, 2.75) is 24.8 Å². The summed E-state index contributed by atoms with van der Waals surface area (Å²) in [6.45, 7) is 3.44. The van der Waals surface area contributed by atoms with Gasteiger partial charge in [0.1, 0.15) is 5.75 Å². The Hall–Kier alpha value is -2.42. The lowest BCUT2D eigenvalue weighted by molar-refractivity contribution is -0.122. The van der Waals surface area contributed by atoms with E-state index in [1.807, 2.05) is 36.4 Å². The third-order valence-electron chi connectivity index (χ3n) is 4.75. The highest BCUT2D eigenvalue weighted by atomic mass is 79.9. The molecule has 0 spiro atoms. The third-order valence-corrected chi connectivity index (χ3v) is 7.38. The number of nitrogens with one attached hydrogen (secondary N) is 1. The van der Waals surface area contributed by atoms with Crippen LogP contribution in [-0.4, -0.2) is 38.8 Å². The molecule has 158 valence electrons. The summed E-state index contributed by atoms with van der Waals surface area (Å²) in [5, 5.41) is 4.82. The van der Waals surface area contributed by atoms with Crippen molar-refractivity contribution in [3.8, 4) is 5.75 Å². The van der Waals surface area contributed by atoms with E-state index in [0.29, 0.717) is 11.4 Å². The maximum atomic E-state index is 12.7. The van der Waals surface area contributed by atoms with Crippen molar-refractivity contribution in [3.05, 3.63) is 64.6 Å². The first-order valence-corrected chi connectivity index (χ1v) is 11.5. The summed E-state index contributed by atoms with van der Waals surface area (Å²) in [4.78, 5) is 12.8. The second kappa shape index (κ2) is 8.75. The molecule has 0 fully saturated rings. The smallest absolute Gasteiger partial charge is 0.265 e. The van der Waals surface area contributed by atoms with Crippen LogP contribution in [0.3, 0.4) is 0 Å². The van der Waals surface area contributed by atoms with E-state index in [2.05, 4.69) is 21.2 Å². The van der Waals surface area contributed by atoms with Crippen molar-refractivity contribution in [1.29, 1.82) is 0 Å². The van der Waals surface area contributed by atoms with Crippen LogP contribution >= 0.6 is 15.9 Å². The Morgan fingerprint density at radius 3 is 2.50 bits per heavy atom. The number of nitrogens with zero attached hydrogens (tertiary/aromatic N) is 1. The molecule has 0 saturated carbocycles. The molecule has 6 nitrogen and oxygen atoms in total. The summed E-state index contributed by atoms with van der Waals surface area (Å²) in [5.74, 6) is 0.176. The van der Waals surface area contributed by atoms with Crippen LogP contribution in [0, 0.1) is 6.92 Å². The number of amides is 1. The van der Waals surface area contributed by atoms with E-state index in [1.54, 1.807) is 19.9 Å². The molecule has 0 aliphatic carbocycles.